The van der Waals surface area contributed by atoms with Crippen LogP contribution >= 0.6 is 11.3 Å². The first-order valence-corrected chi connectivity index (χ1v) is 7.72. The van der Waals surface area contributed by atoms with E-state index in [2.05, 4.69) is 34.0 Å². The van der Waals surface area contributed by atoms with Gasteiger partial charge in [-0.25, -0.2) is 4.39 Å². The van der Waals surface area contributed by atoms with Crippen molar-refractivity contribution in [2.24, 2.45) is 0 Å². The molecule has 0 N–H and O–H groups in total. The number of hydrogen-bond donors (Lipinski definition) is 0. The van der Waals surface area contributed by atoms with Crippen molar-refractivity contribution in [3.63, 3.8) is 0 Å². The molecule has 5 nitrogen and oxygen atoms in total. The second kappa shape index (κ2) is 5.87. The molecule has 3 aromatic rings. The molecule has 0 spiro atoms. The molecule has 0 fully saturated rings. The molecule has 0 aliphatic rings. The fourth-order valence-electron chi connectivity index (χ4n) is 2.14. The molecule has 0 amide bonds. The fraction of sp³-hybridized carbons (Fsp3) is 0.357. The molecule has 0 bridgehead atoms. The normalized spacial score (nSPS) is 11.6. The Morgan fingerprint density at radius 3 is 2.76 bits per heavy atom. The van der Waals surface area contributed by atoms with Crippen molar-refractivity contribution >= 4 is 16.3 Å². The summed E-state index contributed by atoms with van der Waals surface area (Å²) >= 11 is 1.42. The van der Waals surface area contributed by atoms with E-state index in [9.17, 15) is 4.39 Å². The third-order valence-electron chi connectivity index (χ3n) is 3.39. The van der Waals surface area contributed by atoms with Crippen molar-refractivity contribution in [3.8, 4) is 10.6 Å². The van der Waals surface area contributed by atoms with Crippen LogP contribution in [0.2, 0.25) is 0 Å². The molecular formula is C14H16FN5S. The van der Waals surface area contributed by atoms with Crippen LogP contribution in [0.4, 0.5) is 4.39 Å². The average Bonchev–Trinajstić information content (AvgIpc) is 3.06. The van der Waals surface area contributed by atoms with Gasteiger partial charge < -0.3 is 0 Å². The lowest BCUT2D eigenvalue weighted by molar-refractivity contribution is 0.286. The molecular weight excluding hydrogens is 289 g/mol. The molecule has 0 aliphatic heterocycles. The molecule has 1 aromatic carbocycles. The van der Waals surface area contributed by atoms with Crippen molar-refractivity contribution in [2.45, 2.75) is 20.4 Å². The van der Waals surface area contributed by atoms with E-state index < -0.39 is 0 Å². The minimum Gasteiger partial charge on any atom is -0.296 e. The molecule has 0 saturated heterocycles. The lowest BCUT2D eigenvalue weighted by Crippen LogP contribution is -2.23. The van der Waals surface area contributed by atoms with Gasteiger partial charge in [-0.2, -0.15) is 9.61 Å². The average molecular weight is 305 g/mol. The van der Waals surface area contributed by atoms with Gasteiger partial charge in [-0.15, -0.1) is 10.2 Å². The highest BCUT2D eigenvalue weighted by atomic mass is 32.1. The quantitative estimate of drug-likeness (QED) is 0.727. The van der Waals surface area contributed by atoms with Crippen LogP contribution < -0.4 is 0 Å². The summed E-state index contributed by atoms with van der Waals surface area (Å²) in [6, 6.07) is 6.44. The number of aromatic nitrogens is 4. The van der Waals surface area contributed by atoms with Crippen LogP contribution in [-0.4, -0.2) is 37.8 Å². The van der Waals surface area contributed by atoms with Crippen molar-refractivity contribution in [1.29, 1.82) is 0 Å². The van der Waals surface area contributed by atoms with Crippen LogP contribution in [0.3, 0.4) is 0 Å². The van der Waals surface area contributed by atoms with E-state index in [0.717, 1.165) is 34.4 Å². The summed E-state index contributed by atoms with van der Waals surface area (Å²) in [6.07, 6.45) is 0. The molecule has 0 saturated carbocycles. The first kappa shape index (κ1) is 14.1. The summed E-state index contributed by atoms with van der Waals surface area (Å²) in [5.41, 5.74) is 0.763. The van der Waals surface area contributed by atoms with Gasteiger partial charge in [0.2, 0.25) is 4.96 Å². The van der Waals surface area contributed by atoms with E-state index in [4.69, 9.17) is 0 Å². The Morgan fingerprint density at radius 2 is 2.05 bits per heavy atom. The molecule has 3 rings (SSSR count). The van der Waals surface area contributed by atoms with Crippen LogP contribution in [-0.2, 0) is 6.54 Å². The zero-order valence-corrected chi connectivity index (χ0v) is 12.8. The molecule has 0 unspecified atom stereocenters. The highest BCUT2D eigenvalue weighted by molar-refractivity contribution is 7.19. The van der Waals surface area contributed by atoms with E-state index >= 15 is 0 Å². The molecule has 2 heterocycles. The number of rotatable bonds is 5. The van der Waals surface area contributed by atoms with Gasteiger partial charge in [0, 0.05) is 5.56 Å². The maximum absolute atomic E-state index is 13.3. The van der Waals surface area contributed by atoms with Gasteiger partial charge in [-0.1, -0.05) is 37.3 Å². The Morgan fingerprint density at radius 1 is 1.24 bits per heavy atom. The molecule has 21 heavy (non-hydrogen) atoms. The standard InChI is InChI=1S/C14H16FN5S/c1-3-19(4-2)9-12-16-17-14-20(12)18-13(21-14)10-6-5-7-11(15)8-10/h5-8H,3-4,9H2,1-2H3. The van der Waals surface area contributed by atoms with Crippen LogP contribution in [0.15, 0.2) is 24.3 Å². The largest absolute Gasteiger partial charge is 0.296 e. The zero-order valence-electron chi connectivity index (χ0n) is 12.0. The molecule has 110 valence electrons. The van der Waals surface area contributed by atoms with Gasteiger partial charge in [-0.05, 0) is 25.2 Å². The third-order valence-corrected chi connectivity index (χ3v) is 4.33. The summed E-state index contributed by atoms with van der Waals surface area (Å²) in [4.78, 5) is 2.98. The predicted octanol–water partition coefficient (Wildman–Crippen LogP) is 2.83. The number of halogens is 1. The van der Waals surface area contributed by atoms with E-state index in [-0.39, 0.29) is 5.82 Å². The Bertz CT molecular complexity index is 747. The highest BCUT2D eigenvalue weighted by Gasteiger charge is 2.14. The molecule has 0 aliphatic carbocycles. The van der Waals surface area contributed by atoms with Crippen LogP contribution in [0.1, 0.15) is 19.7 Å². The van der Waals surface area contributed by atoms with Gasteiger partial charge in [-0.3, -0.25) is 4.90 Å². The van der Waals surface area contributed by atoms with Crippen LogP contribution in [0, 0.1) is 5.82 Å². The summed E-state index contributed by atoms with van der Waals surface area (Å²) in [5, 5.41) is 13.6. The first-order valence-electron chi connectivity index (χ1n) is 6.90. The predicted molar refractivity (Wildman–Crippen MR) is 80.7 cm³/mol. The lowest BCUT2D eigenvalue weighted by atomic mass is 10.2. The van der Waals surface area contributed by atoms with Gasteiger partial charge in [0.1, 0.15) is 10.8 Å². The fourth-order valence-corrected chi connectivity index (χ4v) is 3.00. The Hall–Kier alpha value is -1.86. The van der Waals surface area contributed by atoms with Crippen molar-refractivity contribution in [3.05, 3.63) is 35.9 Å². The van der Waals surface area contributed by atoms with Crippen molar-refractivity contribution < 1.29 is 4.39 Å². The number of hydrogen-bond acceptors (Lipinski definition) is 5. The second-order valence-corrected chi connectivity index (χ2v) is 5.65. The topological polar surface area (TPSA) is 46.3 Å². The highest BCUT2D eigenvalue weighted by Crippen LogP contribution is 2.26. The Kier molecular flexibility index (Phi) is 3.94. The number of fused-ring (bicyclic) bond motifs is 1. The van der Waals surface area contributed by atoms with Gasteiger partial charge in [0.05, 0.1) is 6.54 Å². The van der Waals surface area contributed by atoms with Crippen LogP contribution in [0.25, 0.3) is 15.5 Å². The Labute approximate surface area is 126 Å². The second-order valence-electron chi connectivity index (χ2n) is 4.69. The summed E-state index contributed by atoms with van der Waals surface area (Å²) in [6.45, 7) is 6.83. The lowest BCUT2D eigenvalue weighted by Gasteiger charge is -2.15. The van der Waals surface area contributed by atoms with E-state index in [1.807, 2.05) is 6.07 Å². The van der Waals surface area contributed by atoms with E-state index in [1.165, 1.54) is 23.5 Å². The number of nitrogens with zero attached hydrogens (tertiary/aromatic N) is 5. The minimum atomic E-state index is -0.262. The van der Waals surface area contributed by atoms with E-state index in [0.29, 0.717) is 6.54 Å². The Balaban J connectivity index is 1.96. The SMILES string of the molecule is CCN(CC)Cc1nnc2sc(-c3cccc(F)c3)nn12. The van der Waals surface area contributed by atoms with Crippen molar-refractivity contribution in [2.75, 3.05) is 13.1 Å². The van der Waals surface area contributed by atoms with Gasteiger partial charge in [0.15, 0.2) is 5.82 Å². The molecule has 7 heteroatoms. The molecule has 0 radical (unpaired) electrons. The summed E-state index contributed by atoms with van der Waals surface area (Å²) < 4.78 is 15.1. The zero-order chi connectivity index (χ0) is 14.8. The minimum absolute atomic E-state index is 0.262. The van der Waals surface area contributed by atoms with Gasteiger partial charge in [0.25, 0.3) is 0 Å². The van der Waals surface area contributed by atoms with E-state index in [1.54, 1.807) is 10.6 Å². The first-order chi connectivity index (χ1) is 10.2. The monoisotopic (exact) mass is 305 g/mol. The molecule has 2 aromatic heterocycles. The maximum Gasteiger partial charge on any atom is 0.235 e. The summed E-state index contributed by atoms with van der Waals surface area (Å²) in [7, 11) is 0. The van der Waals surface area contributed by atoms with Gasteiger partial charge >= 0.3 is 0 Å². The maximum atomic E-state index is 13.3. The van der Waals surface area contributed by atoms with Crippen molar-refractivity contribution in [1.82, 2.24) is 24.7 Å². The molecule has 0 atom stereocenters. The van der Waals surface area contributed by atoms with Crippen LogP contribution in [0.5, 0.6) is 0 Å². The summed E-state index contributed by atoms with van der Waals surface area (Å²) in [5.74, 6) is 0.550. The smallest absolute Gasteiger partial charge is 0.235 e. The number of benzene rings is 1. The third kappa shape index (κ3) is 2.79.